The van der Waals surface area contributed by atoms with Gasteiger partial charge in [-0.15, -0.1) is 11.3 Å². The van der Waals surface area contributed by atoms with Gasteiger partial charge in [0.2, 0.25) is 0 Å². The molecule has 3 aromatic rings. The Labute approximate surface area is 213 Å². The molecule has 0 spiro atoms. The summed E-state index contributed by atoms with van der Waals surface area (Å²) in [4.78, 5) is 36.0. The predicted octanol–water partition coefficient (Wildman–Crippen LogP) is 2.52. The Morgan fingerprint density at radius 3 is 2.81 bits per heavy atom. The number of aromatic nitrogens is 4. The summed E-state index contributed by atoms with van der Waals surface area (Å²) < 4.78 is 2.04. The van der Waals surface area contributed by atoms with Crippen LogP contribution in [0, 0.1) is 0 Å². The van der Waals surface area contributed by atoms with Crippen LogP contribution < -0.4 is 21.1 Å². The van der Waals surface area contributed by atoms with Crippen molar-refractivity contribution in [1.82, 2.24) is 35.3 Å². The molecular formula is C24H30N10OS. The number of pyridine rings is 1. The van der Waals surface area contributed by atoms with E-state index in [1.54, 1.807) is 6.34 Å². The van der Waals surface area contributed by atoms with Crippen LogP contribution >= 0.6 is 11.3 Å². The highest BCUT2D eigenvalue weighted by Gasteiger charge is 2.27. The summed E-state index contributed by atoms with van der Waals surface area (Å²) in [6.07, 6.45) is 10.7. The predicted molar refractivity (Wildman–Crippen MR) is 140 cm³/mol. The second kappa shape index (κ2) is 9.96. The Bertz CT molecular complexity index is 1260. The Balaban J connectivity index is 1.25. The molecule has 3 N–H and O–H groups in total. The lowest BCUT2D eigenvalue weighted by atomic mass is 10.2. The van der Waals surface area contributed by atoms with Crippen molar-refractivity contribution in [3.63, 3.8) is 0 Å². The van der Waals surface area contributed by atoms with E-state index >= 15 is 0 Å². The van der Waals surface area contributed by atoms with Crippen molar-refractivity contribution in [1.29, 1.82) is 0 Å². The van der Waals surface area contributed by atoms with Crippen LogP contribution in [-0.4, -0.2) is 69.4 Å². The quantitative estimate of drug-likeness (QED) is 0.427. The lowest BCUT2D eigenvalue weighted by Crippen LogP contribution is -2.46. The van der Waals surface area contributed by atoms with Crippen molar-refractivity contribution in [3.8, 4) is 5.69 Å². The zero-order chi connectivity index (χ0) is 24.5. The van der Waals surface area contributed by atoms with E-state index in [2.05, 4.69) is 59.0 Å². The first-order chi connectivity index (χ1) is 17.7. The van der Waals surface area contributed by atoms with Gasteiger partial charge >= 0.3 is 0 Å². The molecule has 5 heterocycles. The SMILES string of the molecule is CCCN1CCN(c2cnc(C(=O)Nc3csc(C4N=CNN4)n3)cc2-n2cnc(C3CC3)c2)CC1. The highest BCUT2D eigenvalue weighted by atomic mass is 32.1. The largest absolute Gasteiger partial charge is 0.366 e. The van der Waals surface area contributed by atoms with Gasteiger partial charge in [-0.1, -0.05) is 6.92 Å². The van der Waals surface area contributed by atoms with Gasteiger partial charge in [0.25, 0.3) is 5.91 Å². The molecule has 1 unspecified atom stereocenters. The van der Waals surface area contributed by atoms with E-state index in [9.17, 15) is 4.79 Å². The number of carbonyl (C=O) groups excluding carboxylic acids is 1. The second-order valence-electron chi connectivity index (χ2n) is 9.36. The minimum atomic E-state index is -0.295. The fourth-order valence-corrected chi connectivity index (χ4v) is 5.39. The number of amides is 1. The molecule has 1 aliphatic carbocycles. The molecule has 2 fully saturated rings. The van der Waals surface area contributed by atoms with E-state index in [4.69, 9.17) is 0 Å². The molecule has 3 aromatic heterocycles. The minimum Gasteiger partial charge on any atom is -0.366 e. The number of nitrogens with zero attached hydrogens (tertiary/aromatic N) is 7. The summed E-state index contributed by atoms with van der Waals surface area (Å²) in [5, 5.41) is 5.46. The van der Waals surface area contributed by atoms with E-state index in [1.807, 2.05) is 28.5 Å². The molecule has 0 radical (unpaired) electrons. The van der Waals surface area contributed by atoms with Crippen LogP contribution in [0.15, 0.2) is 35.2 Å². The first kappa shape index (κ1) is 23.1. The van der Waals surface area contributed by atoms with Crippen LogP contribution in [-0.2, 0) is 0 Å². The van der Waals surface area contributed by atoms with Gasteiger partial charge in [-0.25, -0.2) is 25.4 Å². The molecule has 1 saturated heterocycles. The van der Waals surface area contributed by atoms with Crippen LogP contribution in [0.1, 0.15) is 59.5 Å². The number of hydrazine groups is 1. The maximum absolute atomic E-state index is 13.1. The third kappa shape index (κ3) is 4.84. The van der Waals surface area contributed by atoms with Gasteiger partial charge in [0.05, 0.1) is 35.9 Å². The maximum Gasteiger partial charge on any atom is 0.275 e. The number of hydrogen-bond donors (Lipinski definition) is 3. The van der Waals surface area contributed by atoms with Crippen LogP contribution in [0.2, 0.25) is 0 Å². The van der Waals surface area contributed by atoms with Crippen molar-refractivity contribution < 1.29 is 4.79 Å². The number of aliphatic imine (C=N–C) groups is 1. The molecule has 11 nitrogen and oxygen atoms in total. The molecule has 0 bridgehead atoms. The van der Waals surface area contributed by atoms with Crippen LogP contribution in [0.4, 0.5) is 11.5 Å². The van der Waals surface area contributed by atoms with E-state index in [0.717, 1.165) is 61.2 Å². The third-order valence-electron chi connectivity index (χ3n) is 6.73. The second-order valence-corrected chi connectivity index (χ2v) is 10.3. The Morgan fingerprint density at radius 2 is 2.06 bits per heavy atom. The van der Waals surface area contributed by atoms with Crippen molar-refractivity contribution in [2.45, 2.75) is 38.3 Å². The molecule has 36 heavy (non-hydrogen) atoms. The van der Waals surface area contributed by atoms with Crippen molar-refractivity contribution in [3.05, 3.63) is 46.6 Å². The average Bonchev–Trinajstić information content (AvgIpc) is 3.29. The van der Waals surface area contributed by atoms with Crippen LogP contribution in [0.3, 0.4) is 0 Å². The normalized spacial score (nSPS) is 20.0. The average molecular weight is 507 g/mol. The maximum atomic E-state index is 13.1. The van der Waals surface area contributed by atoms with Crippen molar-refractivity contribution in [2.75, 3.05) is 42.9 Å². The fourth-order valence-electron chi connectivity index (χ4n) is 4.64. The summed E-state index contributed by atoms with van der Waals surface area (Å²) in [5.41, 5.74) is 9.23. The molecule has 0 aromatic carbocycles. The first-order valence-corrected chi connectivity index (χ1v) is 13.4. The van der Waals surface area contributed by atoms with Gasteiger partial charge in [-0.2, -0.15) is 0 Å². The number of nitrogens with one attached hydrogen (secondary N) is 3. The number of piperazine rings is 1. The molecule has 2 aliphatic heterocycles. The fraction of sp³-hybridized carbons (Fsp3) is 0.458. The van der Waals surface area contributed by atoms with E-state index < -0.39 is 0 Å². The van der Waals surface area contributed by atoms with E-state index in [0.29, 0.717) is 17.4 Å². The molecular weight excluding hydrogens is 476 g/mol. The van der Waals surface area contributed by atoms with Gasteiger partial charge in [0.1, 0.15) is 16.5 Å². The number of anilines is 2. The van der Waals surface area contributed by atoms with Gasteiger partial charge < -0.3 is 20.2 Å². The molecule has 6 rings (SSSR count). The Morgan fingerprint density at radius 1 is 1.19 bits per heavy atom. The molecule has 188 valence electrons. The summed E-state index contributed by atoms with van der Waals surface area (Å²) in [7, 11) is 0. The molecule has 1 saturated carbocycles. The lowest BCUT2D eigenvalue weighted by molar-refractivity contribution is 0.102. The molecule has 1 amide bonds. The number of imidazole rings is 1. The smallest absolute Gasteiger partial charge is 0.275 e. The summed E-state index contributed by atoms with van der Waals surface area (Å²) in [6.45, 7) is 7.25. The topological polar surface area (TPSA) is 116 Å². The van der Waals surface area contributed by atoms with Crippen molar-refractivity contribution >= 4 is 35.1 Å². The Hall–Kier alpha value is -3.35. The van der Waals surface area contributed by atoms with Gasteiger partial charge in [-0.3, -0.25) is 9.69 Å². The minimum absolute atomic E-state index is 0.246. The summed E-state index contributed by atoms with van der Waals surface area (Å²) in [6, 6.07) is 1.86. The number of thiazole rings is 1. The lowest BCUT2D eigenvalue weighted by Gasteiger charge is -2.36. The molecule has 1 atom stereocenters. The third-order valence-corrected chi connectivity index (χ3v) is 7.63. The van der Waals surface area contributed by atoms with E-state index in [-0.39, 0.29) is 12.1 Å². The zero-order valence-electron chi connectivity index (χ0n) is 20.2. The summed E-state index contributed by atoms with van der Waals surface area (Å²) in [5.74, 6) is 0.752. The molecule has 12 heteroatoms. The van der Waals surface area contributed by atoms with Crippen LogP contribution in [0.25, 0.3) is 5.69 Å². The van der Waals surface area contributed by atoms with Crippen LogP contribution in [0.5, 0.6) is 0 Å². The van der Waals surface area contributed by atoms with Gasteiger partial charge in [0, 0.05) is 43.7 Å². The monoisotopic (exact) mass is 506 g/mol. The Kier molecular flexibility index (Phi) is 6.38. The number of carbonyl (C=O) groups is 1. The van der Waals surface area contributed by atoms with Crippen molar-refractivity contribution in [2.24, 2.45) is 4.99 Å². The summed E-state index contributed by atoms with van der Waals surface area (Å²) >= 11 is 1.43. The van der Waals surface area contributed by atoms with E-state index in [1.165, 1.54) is 24.2 Å². The number of rotatable bonds is 8. The first-order valence-electron chi connectivity index (χ1n) is 12.5. The zero-order valence-corrected chi connectivity index (χ0v) is 21.0. The standard InChI is InChI=1S/C24H30N10OS/c1-2-5-32-6-8-33(9-7-32)20-11-25-17(10-19(20)34-12-18(27-15-34)16-3-4-16)23(35)29-21-13-36-24(30-21)22-26-14-28-31-22/h10-16,22,31H,2-9H2,1H3,(H,26,28)(H,29,35). The highest BCUT2D eigenvalue weighted by molar-refractivity contribution is 7.10. The highest BCUT2D eigenvalue weighted by Crippen LogP contribution is 2.39. The number of hydrogen-bond acceptors (Lipinski definition) is 10. The van der Waals surface area contributed by atoms with Gasteiger partial charge in [-0.05, 0) is 31.9 Å². The molecule has 3 aliphatic rings. The van der Waals surface area contributed by atoms with Gasteiger partial charge in [0.15, 0.2) is 6.17 Å².